The number of allylic oxidation sites excluding steroid dienone is 6. The van der Waals surface area contributed by atoms with Crippen molar-refractivity contribution in [1.29, 1.82) is 0 Å². The molecule has 0 amide bonds. The zero-order valence-electron chi connectivity index (χ0n) is 6.17. The fourth-order valence-electron chi connectivity index (χ4n) is 0.454. The zero-order chi connectivity index (χ0) is 6.95. The zero-order valence-corrected chi connectivity index (χ0v) is 6.17. The van der Waals surface area contributed by atoms with E-state index in [0.29, 0.717) is 0 Å². The average molecular weight is 122 g/mol. The lowest BCUT2D eigenvalue weighted by Gasteiger charge is -1.72. The van der Waals surface area contributed by atoms with Crippen molar-refractivity contribution in [3.63, 3.8) is 0 Å². The van der Waals surface area contributed by atoms with Gasteiger partial charge in [-0.3, -0.25) is 0 Å². The van der Waals surface area contributed by atoms with E-state index in [4.69, 9.17) is 0 Å². The van der Waals surface area contributed by atoms with E-state index in [9.17, 15) is 0 Å². The molecule has 0 N–H and O–H groups in total. The first-order valence-corrected chi connectivity index (χ1v) is 3.36. The summed E-state index contributed by atoms with van der Waals surface area (Å²) in [6.07, 6.45) is 13.4. The van der Waals surface area contributed by atoms with Crippen LogP contribution < -0.4 is 0 Å². The predicted molar refractivity (Wildman–Crippen MR) is 43.4 cm³/mol. The highest BCUT2D eigenvalue weighted by Crippen LogP contribution is 1.82. The van der Waals surface area contributed by atoms with Gasteiger partial charge in [-0.1, -0.05) is 43.4 Å². The van der Waals surface area contributed by atoms with Gasteiger partial charge in [-0.25, -0.2) is 0 Å². The summed E-state index contributed by atoms with van der Waals surface area (Å²) in [5.41, 5.74) is 0. The SMILES string of the molecule is C/C=C/C=C/C=C\CC. The lowest BCUT2D eigenvalue weighted by molar-refractivity contribution is 1.22. The first-order valence-electron chi connectivity index (χ1n) is 3.36. The Morgan fingerprint density at radius 3 is 2.22 bits per heavy atom. The van der Waals surface area contributed by atoms with Crippen LogP contribution in [0.3, 0.4) is 0 Å². The van der Waals surface area contributed by atoms with Gasteiger partial charge in [-0.2, -0.15) is 0 Å². The third kappa shape index (κ3) is 7.22. The second-order valence-corrected chi connectivity index (χ2v) is 1.75. The number of rotatable bonds is 3. The third-order valence-corrected chi connectivity index (χ3v) is 0.898. The normalized spacial score (nSPS) is 12.7. The molecular formula is C9H14. The van der Waals surface area contributed by atoms with E-state index in [-0.39, 0.29) is 0 Å². The first kappa shape index (κ1) is 8.22. The van der Waals surface area contributed by atoms with Gasteiger partial charge in [-0.05, 0) is 13.3 Å². The van der Waals surface area contributed by atoms with Crippen LogP contribution in [0.15, 0.2) is 36.5 Å². The molecule has 0 aromatic rings. The van der Waals surface area contributed by atoms with Crippen molar-refractivity contribution in [2.24, 2.45) is 0 Å². The van der Waals surface area contributed by atoms with E-state index in [2.05, 4.69) is 19.1 Å². The lowest BCUT2D eigenvalue weighted by Crippen LogP contribution is -1.51. The molecule has 0 heteroatoms. The summed E-state index contributed by atoms with van der Waals surface area (Å²) in [5.74, 6) is 0. The molecule has 9 heavy (non-hydrogen) atoms. The molecule has 0 rings (SSSR count). The van der Waals surface area contributed by atoms with Gasteiger partial charge in [0.1, 0.15) is 0 Å². The molecule has 0 aliphatic rings. The Bertz CT molecular complexity index is 116. The van der Waals surface area contributed by atoms with Gasteiger partial charge in [0, 0.05) is 0 Å². The van der Waals surface area contributed by atoms with Crippen molar-refractivity contribution in [2.75, 3.05) is 0 Å². The molecule has 0 saturated heterocycles. The highest BCUT2D eigenvalue weighted by atomic mass is 13.7. The van der Waals surface area contributed by atoms with E-state index in [0.717, 1.165) is 6.42 Å². The fraction of sp³-hybridized carbons (Fsp3) is 0.333. The molecule has 0 heterocycles. The molecule has 0 aliphatic heterocycles. The smallest absolute Gasteiger partial charge is 0.0376 e. The standard InChI is InChI=1S/C9H14/c1-3-5-7-9-8-6-4-2/h3,5-9H,4H2,1-2H3/b5-3+,8-6-,9-7+. The molecule has 0 spiro atoms. The van der Waals surface area contributed by atoms with Crippen LogP contribution >= 0.6 is 0 Å². The Labute approximate surface area is 57.6 Å². The summed E-state index contributed by atoms with van der Waals surface area (Å²) in [5, 5.41) is 0. The van der Waals surface area contributed by atoms with Crippen molar-refractivity contribution in [3.05, 3.63) is 36.5 Å². The van der Waals surface area contributed by atoms with E-state index in [1.54, 1.807) is 0 Å². The molecule has 0 nitrogen and oxygen atoms in total. The molecule has 0 saturated carbocycles. The maximum absolute atomic E-state index is 2.12. The summed E-state index contributed by atoms with van der Waals surface area (Å²) in [7, 11) is 0. The quantitative estimate of drug-likeness (QED) is 0.504. The monoisotopic (exact) mass is 122 g/mol. The molecule has 0 aromatic carbocycles. The van der Waals surface area contributed by atoms with Gasteiger partial charge >= 0.3 is 0 Å². The summed E-state index contributed by atoms with van der Waals surface area (Å²) in [6.45, 7) is 4.13. The molecule has 0 aromatic heterocycles. The Hall–Kier alpha value is -0.780. The van der Waals surface area contributed by atoms with Crippen molar-refractivity contribution in [1.82, 2.24) is 0 Å². The largest absolute Gasteiger partial charge is 0.0877 e. The summed E-state index contributed by atoms with van der Waals surface area (Å²) in [6, 6.07) is 0. The lowest BCUT2D eigenvalue weighted by atomic mass is 10.4. The molecule has 0 unspecified atom stereocenters. The molecule has 0 aliphatic carbocycles. The predicted octanol–water partition coefficient (Wildman–Crippen LogP) is 3.08. The van der Waals surface area contributed by atoms with Crippen LogP contribution in [0.25, 0.3) is 0 Å². The van der Waals surface area contributed by atoms with E-state index < -0.39 is 0 Å². The van der Waals surface area contributed by atoms with Crippen LogP contribution in [0.1, 0.15) is 20.3 Å². The van der Waals surface area contributed by atoms with Gasteiger partial charge in [0.2, 0.25) is 0 Å². The van der Waals surface area contributed by atoms with Crippen LogP contribution in [0.2, 0.25) is 0 Å². The van der Waals surface area contributed by atoms with E-state index >= 15 is 0 Å². The van der Waals surface area contributed by atoms with Crippen molar-refractivity contribution < 1.29 is 0 Å². The topological polar surface area (TPSA) is 0 Å². The Morgan fingerprint density at radius 1 is 1.00 bits per heavy atom. The second-order valence-electron chi connectivity index (χ2n) is 1.75. The fourth-order valence-corrected chi connectivity index (χ4v) is 0.454. The second kappa shape index (κ2) is 7.22. The van der Waals surface area contributed by atoms with Crippen LogP contribution in [-0.4, -0.2) is 0 Å². The molecular weight excluding hydrogens is 108 g/mol. The molecule has 50 valence electrons. The third-order valence-electron chi connectivity index (χ3n) is 0.898. The van der Waals surface area contributed by atoms with Gasteiger partial charge in [-0.15, -0.1) is 0 Å². The summed E-state index contributed by atoms with van der Waals surface area (Å²) >= 11 is 0. The number of hydrogen-bond donors (Lipinski definition) is 0. The highest BCUT2D eigenvalue weighted by molar-refractivity contribution is 5.10. The minimum atomic E-state index is 1.11. The van der Waals surface area contributed by atoms with Gasteiger partial charge in [0.05, 0.1) is 0 Å². The minimum Gasteiger partial charge on any atom is -0.0877 e. The Kier molecular flexibility index (Phi) is 6.59. The van der Waals surface area contributed by atoms with E-state index in [1.165, 1.54) is 0 Å². The van der Waals surface area contributed by atoms with Crippen LogP contribution in [0, 0.1) is 0 Å². The maximum atomic E-state index is 2.12. The van der Waals surface area contributed by atoms with Gasteiger partial charge in [0.15, 0.2) is 0 Å². The van der Waals surface area contributed by atoms with Gasteiger partial charge in [0.25, 0.3) is 0 Å². The van der Waals surface area contributed by atoms with Crippen molar-refractivity contribution >= 4 is 0 Å². The molecule has 0 atom stereocenters. The van der Waals surface area contributed by atoms with Crippen molar-refractivity contribution in [3.8, 4) is 0 Å². The number of hydrogen-bond acceptors (Lipinski definition) is 0. The molecule has 0 bridgehead atoms. The van der Waals surface area contributed by atoms with Crippen LogP contribution in [0.5, 0.6) is 0 Å². The van der Waals surface area contributed by atoms with Crippen LogP contribution in [0.4, 0.5) is 0 Å². The Balaban J connectivity index is 3.35. The summed E-state index contributed by atoms with van der Waals surface area (Å²) in [4.78, 5) is 0. The van der Waals surface area contributed by atoms with E-state index in [1.807, 2.05) is 31.2 Å². The van der Waals surface area contributed by atoms with Gasteiger partial charge < -0.3 is 0 Å². The van der Waals surface area contributed by atoms with Crippen molar-refractivity contribution in [2.45, 2.75) is 20.3 Å². The van der Waals surface area contributed by atoms with Crippen LogP contribution in [-0.2, 0) is 0 Å². The summed E-state index contributed by atoms with van der Waals surface area (Å²) < 4.78 is 0. The Morgan fingerprint density at radius 2 is 1.67 bits per heavy atom. The highest BCUT2D eigenvalue weighted by Gasteiger charge is 1.60. The molecule has 0 radical (unpaired) electrons. The maximum Gasteiger partial charge on any atom is -0.0376 e. The average Bonchev–Trinajstić information content (AvgIpc) is 1.89. The molecule has 0 fully saturated rings. The minimum absolute atomic E-state index is 1.11. The first-order chi connectivity index (χ1) is 4.41.